The van der Waals surface area contributed by atoms with E-state index in [-0.39, 0.29) is 6.10 Å². The van der Waals surface area contributed by atoms with Gasteiger partial charge in [-0.1, -0.05) is 54.4 Å². The molecule has 0 amide bonds. The molecule has 5 fully saturated rings. The lowest BCUT2D eigenvalue weighted by atomic mass is 9.43. The van der Waals surface area contributed by atoms with Gasteiger partial charge in [-0.05, 0) is 121 Å². The lowest BCUT2D eigenvalue weighted by molar-refractivity contribution is -0.133. The number of hydrogen-bond acceptors (Lipinski definition) is 1. The van der Waals surface area contributed by atoms with Crippen LogP contribution in [0.2, 0.25) is 0 Å². The Hall–Kier alpha value is -0.0400. The highest BCUT2D eigenvalue weighted by Gasteiger charge is 2.80. The van der Waals surface area contributed by atoms with Crippen LogP contribution in [0, 0.1) is 57.2 Å². The second-order valence-corrected chi connectivity index (χ2v) is 14.0. The molecule has 5 rings (SSSR count). The molecule has 0 aromatic heterocycles. The molecule has 0 bridgehead atoms. The van der Waals surface area contributed by atoms with Gasteiger partial charge in [0.15, 0.2) is 0 Å². The topological polar surface area (TPSA) is 20.2 Å². The van der Waals surface area contributed by atoms with Gasteiger partial charge in [-0.15, -0.1) is 0 Å². The standard InChI is InChI=1S/C29H50O/c1-19(2)20(3)7-8-21(4)24-12-13-27(6)25-10-9-22-17-23(30)11-14-28(22)18-29(25,28)16-15-26(24,27)5/h19-25,30H,7-18H2,1-6H3/t20-,21-,22+,23+,24-,25+,26-,27+,28-,29+/m1/s1. The molecular weight excluding hydrogens is 364 g/mol. The molecule has 0 radical (unpaired) electrons. The highest BCUT2D eigenvalue weighted by atomic mass is 16.3. The molecular formula is C29H50O. The molecule has 0 aliphatic heterocycles. The summed E-state index contributed by atoms with van der Waals surface area (Å²) in [5, 5.41) is 10.3. The predicted molar refractivity (Wildman–Crippen MR) is 126 cm³/mol. The number of hydrogen-bond donors (Lipinski definition) is 1. The molecule has 5 saturated carbocycles. The lowest BCUT2D eigenvalue weighted by Gasteiger charge is -2.61. The van der Waals surface area contributed by atoms with Crippen LogP contribution in [0.3, 0.4) is 0 Å². The molecule has 1 N–H and O–H groups in total. The summed E-state index contributed by atoms with van der Waals surface area (Å²) in [5.74, 6) is 5.35. The summed E-state index contributed by atoms with van der Waals surface area (Å²) < 4.78 is 0. The van der Waals surface area contributed by atoms with Gasteiger partial charge >= 0.3 is 0 Å². The van der Waals surface area contributed by atoms with E-state index in [1.807, 2.05) is 0 Å². The molecule has 0 aromatic carbocycles. The van der Waals surface area contributed by atoms with Crippen LogP contribution >= 0.6 is 0 Å². The van der Waals surface area contributed by atoms with Crippen LogP contribution in [0.4, 0.5) is 0 Å². The van der Waals surface area contributed by atoms with Gasteiger partial charge in [0.05, 0.1) is 6.10 Å². The molecule has 5 aliphatic rings. The van der Waals surface area contributed by atoms with Crippen molar-refractivity contribution in [3.63, 3.8) is 0 Å². The summed E-state index contributed by atoms with van der Waals surface area (Å²) in [6.45, 7) is 15.4. The normalized spacial score (nSPS) is 54.0. The zero-order valence-corrected chi connectivity index (χ0v) is 21.0. The van der Waals surface area contributed by atoms with E-state index in [2.05, 4.69) is 41.5 Å². The Morgan fingerprint density at radius 3 is 2.30 bits per heavy atom. The summed E-state index contributed by atoms with van der Waals surface area (Å²) in [4.78, 5) is 0. The SMILES string of the molecule is CC(C)[C@H](C)CC[C@@H](C)[C@H]1CC[C@@]2(C)[C@@H]3CC[C@H]4C[C@@H](O)CC[C@@]45C[C@@]35CC[C@]12C. The van der Waals surface area contributed by atoms with E-state index in [9.17, 15) is 5.11 Å². The van der Waals surface area contributed by atoms with E-state index >= 15 is 0 Å². The Balaban J connectivity index is 1.35. The summed E-state index contributed by atoms with van der Waals surface area (Å²) in [6.07, 6.45) is 16.8. The first-order valence-corrected chi connectivity index (χ1v) is 13.8. The maximum Gasteiger partial charge on any atom is 0.0543 e. The Bertz CT molecular complexity index is 669. The van der Waals surface area contributed by atoms with Crippen molar-refractivity contribution in [1.82, 2.24) is 0 Å². The van der Waals surface area contributed by atoms with Gasteiger partial charge in [0.2, 0.25) is 0 Å². The van der Waals surface area contributed by atoms with Gasteiger partial charge in [-0.3, -0.25) is 0 Å². The van der Waals surface area contributed by atoms with Crippen LogP contribution in [0.5, 0.6) is 0 Å². The average Bonchev–Trinajstić information content (AvgIpc) is 3.28. The van der Waals surface area contributed by atoms with Crippen LogP contribution in [-0.2, 0) is 0 Å². The Labute approximate surface area is 187 Å². The predicted octanol–water partition coefficient (Wildman–Crippen LogP) is 7.86. The monoisotopic (exact) mass is 414 g/mol. The summed E-state index contributed by atoms with van der Waals surface area (Å²) in [7, 11) is 0. The maximum absolute atomic E-state index is 10.3. The number of aliphatic hydroxyl groups excluding tert-OH is 1. The third-order valence-electron chi connectivity index (χ3n) is 13.1. The average molecular weight is 415 g/mol. The van der Waals surface area contributed by atoms with Crippen molar-refractivity contribution < 1.29 is 5.11 Å². The van der Waals surface area contributed by atoms with E-state index in [1.54, 1.807) is 0 Å². The van der Waals surface area contributed by atoms with Crippen molar-refractivity contribution >= 4 is 0 Å². The quantitative estimate of drug-likeness (QED) is 0.485. The second kappa shape index (κ2) is 6.98. The smallest absolute Gasteiger partial charge is 0.0543 e. The second-order valence-electron chi connectivity index (χ2n) is 14.0. The Morgan fingerprint density at radius 2 is 1.57 bits per heavy atom. The first-order chi connectivity index (χ1) is 14.1. The van der Waals surface area contributed by atoms with Gasteiger partial charge in [0.25, 0.3) is 0 Å². The number of aliphatic hydroxyl groups is 1. The minimum absolute atomic E-state index is 0.00390. The Kier molecular flexibility index (Phi) is 5.07. The van der Waals surface area contributed by atoms with Gasteiger partial charge in [0, 0.05) is 0 Å². The number of fused-ring (bicyclic) bond motifs is 2. The fraction of sp³-hybridized carbons (Fsp3) is 1.00. The van der Waals surface area contributed by atoms with Crippen molar-refractivity contribution in [2.24, 2.45) is 57.2 Å². The van der Waals surface area contributed by atoms with Crippen LogP contribution in [0.1, 0.15) is 119 Å². The molecule has 5 aliphatic carbocycles. The first-order valence-electron chi connectivity index (χ1n) is 13.8. The summed E-state index contributed by atoms with van der Waals surface area (Å²) >= 11 is 0. The van der Waals surface area contributed by atoms with E-state index in [1.165, 1.54) is 64.2 Å². The number of rotatable bonds is 5. The van der Waals surface area contributed by atoms with Crippen molar-refractivity contribution in [2.45, 2.75) is 125 Å². The van der Waals surface area contributed by atoms with Gasteiger partial charge in [0.1, 0.15) is 0 Å². The van der Waals surface area contributed by atoms with Crippen LogP contribution in [0.25, 0.3) is 0 Å². The molecule has 30 heavy (non-hydrogen) atoms. The van der Waals surface area contributed by atoms with Gasteiger partial charge in [-0.25, -0.2) is 0 Å². The van der Waals surface area contributed by atoms with Crippen molar-refractivity contribution in [2.75, 3.05) is 0 Å². The van der Waals surface area contributed by atoms with E-state index < -0.39 is 0 Å². The third kappa shape index (κ3) is 2.69. The van der Waals surface area contributed by atoms with Gasteiger partial charge < -0.3 is 5.11 Å². The minimum atomic E-state index is 0.00390. The molecule has 0 aromatic rings. The van der Waals surface area contributed by atoms with Crippen molar-refractivity contribution in [1.29, 1.82) is 0 Å². The highest BCUT2D eigenvalue weighted by Crippen LogP contribution is 2.87. The van der Waals surface area contributed by atoms with E-state index in [4.69, 9.17) is 0 Å². The van der Waals surface area contributed by atoms with Gasteiger partial charge in [-0.2, -0.15) is 0 Å². The fourth-order valence-corrected chi connectivity index (χ4v) is 10.6. The van der Waals surface area contributed by atoms with Crippen molar-refractivity contribution in [3.8, 4) is 0 Å². The fourth-order valence-electron chi connectivity index (χ4n) is 10.6. The van der Waals surface area contributed by atoms with Crippen LogP contribution < -0.4 is 0 Å². The largest absolute Gasteiger partial charge is 0.393 e. The van der Waals surface area contributed by atoms with E-state index in [0.29, 0.717) is 21.7 Å². The zero-order valence-electron chi connectivity index (χ0n) is 21.0. The molecule has 2 spiro atoms. The maximum atomic E-state index is 10.3. The molecule has 1 heteroatoms. The summed E-state index contributed by atoms with van der Waals surface area (Å²) in [5.41, 5.74) is 2.46. The summed E-state index contributed by atoms with van der Waals surface area (Å²) in [6, 6.07) is 0. The van der Waals surface area contributed by atoms with Crippen molar-refractivity contribution in [3.05, 3.63) is 0 Å². The lowest BCUT2D eigenvalue weighted by Crippen LogP contribution is -2.55. The molecule has 0 heterocycles. The molecule has 1 nitrogen and oxygen atoms in total. The molecule has 10 atom stereocenters. The first kappa shape index (κ1) is 21.8. The molecule has 172 valence electrons. The minimum Gasteiger partial charge on any atom is -0.393 e. The van der Waals surface area contributed by atoms with E-state index in [0.717, 1.165) is 48.3 Å². The Morgan fingerprint density at radius 1 is 0.800 bits per heavy atom. The van der Waals surface area contributed by atoms with Crippen LogP contribution in [0.15, 0.2) is 0 Å². The third-order valence-corrected chi connectivity index (χ3v) is 13.1. The highest BCUT2D eigenvalue weighted by molar-refractivity contribution is 5.29. The molecule has 0 unspecified atom stereocenters. The zero-order chi connectivity index (χ0) is 21.5. The molecule has 0 saturated heterocycles. The van der Waals surface area contributed by atoms with Crippen LogP contribution in [-0.4, -0.2) is 11.2 Å².